The van der Waals surface area contributed by atoms with Gasteiger partial charge in [0.05, 0.1) is 25.5 Å². The Balaban J connectivity index is 1.59. The number of aromatic nitrogens is 3. The highest BCUT2D eigenvalue weighted by molar-refractivity contribution is 4.97. The van der Waals surface area contributed by atoms with Crippen molar-refractivity contribution in [1.29, 1.82) is 0 Å². The number of hydrogen-bond donors (Lipinski definition) is 0. The topological polar surface area (TPSA) is 116 Å². The molecule has 0 amide bonds. The van der Waals surface area contributed by atoms with Crippen LogP contribution in [0.5, 0.6) is 0 Å². The van der Waals surface area contributed by atoms with Crippen molar-refractivity contribution in [1.82, 2.24) is 15.0 Å². The second kappa shape index (κ2) is 7.67. The molecule has 0 aromatic carbocycles. The monoisotopic (exact) mass is 352 g/mol. The summed E-state index contributed by atoms with van der Waals surface area (Å²) < 4.78 is 25.2. The summed E-state index contributed by atoms with van der Waals surface area (Å²) in [5.41, 5.74) is 9.26. The molecule has 2 aliphatic rings. The Kier molecular flexibility index (Phi) is 5.55. The highest BCUT2D eigenvalue weighted by atomic mass is 16.8. The fourth-order valence-electron chi connectivity index (χ4n) is 3.04. The Morgan fingerprint density at radius 2 is 2.20 bits per heavy atom. The highest BCUT2D eigenvalue weighted by Gasteiger charge is 2.55. The van der Waals surface area contributed by atoms with E-state index >= 15 is 0 Å². The molecule has 2 saturated heterocycles. The van der Waals surface area contributed by atoms with Crippen LogP contribution in [-0.2, 0) is 32.1 Å². The van der Waals surface area contributed by atoms with E-state index < -0.39 is 18.2 Å². The van der Waals surface area contributed by atoms with E-state index in [-0.39, 0.29) is 25.4 Å². The van der Waals surface area contributed by atoms with Crippen LogP contribution in [0.15, 0.2) is 11.3 Å². The van der Waals surface area contributed by atoms with Gasteiger partial charge in [-0.1, -0.05) is 23.7 Å². The third-order valence-corrected chi connectivity index (χ3v) is 4.15. The molecule has 3 heterocycles. The van der Waals surface area contributed by atoms with Gasteiger partial charge in [0, 0.05) is 11.5 Å². The van der Waals surface area contributed by atoms with E-state index in [1.54, 1.807) is 0 Å². The van der Waals surface area contributed by atoms with E-state index in [2.05, 4.69) is 27.3 Å². The van der Waals surface area contributed by atoms with Crippen LogP contribution in [0.25, 0.3) is 10.4 Å². The summed E-state index contributed by atoms with van der Waals surface area (Å²) >= 11 is 0. The molecule has 0 saturated carbocycles. The Morgan fingerprint density at radius 3 is 2.96 bits per heavy atom. The molecule has 2 fully saturated rings. The molecule has 0 unspecified atom stereocenters. The molecule has 3 rings (SSSR count). The molecule has 0 aliphatic carbocycles. The summed E-state index contributed by atoms with van der Waals surface area (Å²) in [5.74, 6) is -0.724. The molecule has 1 aromatic heterocycles. The number of nitrogens with zero attached hydrogens (tertiary/aromatic N) is 6. The second-order valence-corrected chi connectivity index (χ2v) is 6.66. The maximum Gasteiger partial charge on any atom is 0.187 e. The summed E-state index contributed by atoms with van der Waals surface area (Å²) in [7, 11) is 0. The molecule has 10 nitrogen and oxygen atoms in total. The lowest BCUT2D eigenvalue weighted by atomic mass is 10.1. The van der Waals surface area contributed by atoms with E-state index in [1.807, 2.05) is 24.7 Å². The predicted molar refractivity (Wildman–Crippen MR) is 86.2 cm³/mol. The summed E-state index contributed by atoms with van der Waals surface area (Å²) in [6, 6.07) is 0. The van der Waals surface area contributed by atoms with Gasteiger partial charge in [-0.2, -0.15) is 0 Å². The highest BCUT2D eigenvalue weighted by Crippen LogP contribution is 2.39. The summed E-state index contributed by atoms with van der Waals surface area (Å²) in [6.07, 6.45) is 2.33. The van der Waals surface area contributed by atoms with Crippen molar-refractivity contribution >= 4 is 0 Å². The zero-order valence-electron chi connectivity index (χ0n) is 14.7. The van der Waals surface area contributed by atoms with Gasteiger partial charge in [0.25, 0.3) is 0 Å². The second-order valence-electron chi connectivity index (χ2n) is 6.66. The molecule has 0 spiro atoms. The lowest BCUT2D eigenvalue weighted by Gasteiger charge is -2.23. The Bertz CT molecular complexity index is 629. The lowest BCUT2D eigenvalue weighted by Crippen LogP contribution is -2.31. The zero-order valence-corrected chi connectivity index (χ0v) is 14.7. The molecular formula is C15H24N6O4. The molecule has 0 bridgehead atoms. The first kappa shape index (κ1) is 18.1. The molecule has 2 aliphatic heterocycles. The van der Waals surface area contributed by atoms with Crippen molar-refractivity contribution in [2.45, 2.75) is 77.2 Å². The van der Waals surface area contributed by atoms with Crippen LogP contribution in [0.4, 0.5) is 0 Å². The van der Waals surface area contributed by atoms with Gasteiger partial charge >= 0.3 is 0 Å². The molecule has 0 N–H and O–H groups in total. The summed E-state index contributed by atoms with van der Waals surface area (Å²) in [6.45, 7) is 7.08. The Hall–Kier alpha value is -1.71. The van der Waals surface area contributed by atoms with Crippen molar-refractivity contribution in [2.24, 2.45) is 5.11 Å². The molecular weight excluding hydrogens is 328 g/mol. The predicted octanol–water partition coefficient (Wildman–Crippen LogP) is 2.15. The van der Waals surface area contributed by atoms with Crippen molar-refractivity contribution in [3.05, 3.63) is 22.3 Å². The minimum absolute atomic E-state index is 0.171. The number of unbranched alkanes of at least 4 members (excludes halogenated alkanes) is 1. The average Bonchev–Trinajstić information content (AvgIpc) is 3.23. The van der Waals surface area contributed by atoms with Gasteiger partial charge in [-0.15, -0.1) is 5.10 Å². The first-order valence-electron chi connectivity index (χ1n) is 8.55. The van der Waals surface area contributed by atoms with Gasteiger partial charge in [-0.25, -0.2) is 0 Å². The zero-order chi connectivity index (χ0) is 17.9. The minimum Gasteiger partial charge on any atom is -0.344 e. The van der Waals surface area contributed by atoms with Gasteiger partial charge < -0.3 is 18.9 Å². The van der Waals surface area contributed by atoms with E-state index in [1.165, 1.54) is 0 Å². The molecule has 4 atom stereocenters. The SMILES string of the molecule is CCCCn1cc(CO[C@@H]2O[C@H](CN=[N+]=[N-])[C@H]3OC(C)(C)O[C@@H]23)nn1. The maximum atomic E-state index is 8.53. The van der Waals surface area contributed by atoms with E-state index in [0.717, 1.165) is 25.1 Å². The van der Waals surface area contributed by atoms with Crippen LogP contribution in [0.1, 0.15) is 39.3 Å². The number of ether oxygens (including phenoxy) is 4. The first-order chi connectivity index (χ1) is 12.0. The lowest BCUT2D eigenvalue weighted by molar-refractivity contribution is -0.235. The number of fused-ring (bicyclic) bond motifs is 1. The largest absolute Gasteiger partial charge is 0.344 e. The fourth-order valence-corrected chi connectivity index (χ4v) is 3.04. The maximum absolute atomic E-state index is 8.53. The number of rotatable bonds is 8. The van der Waals surface area contributed by atoms with Crippen LogP contribution in [-0.4, -0.2) is 51.9 Å². The fraction of sp³-hybridized carbons (Fsp3) is 0.867. The van der Waals surface area contributed by atoms with Gasteiger partial charge in [-0.05, 0) is 25.8 Å². The Labute approximate surface area is 146 Å². The van der Waals surface area contributed by atoms with E-state index in [4.69, 9.17) is 24.5 Å². The van der Waals surface area contributed by atoms with Crippen LogP contribution < -0.4 is 0 Å². The van der Waals surface area contributed by atoms with Gasteiger partial charge in [0.15, 0.2) is 12.1 Å². The molecule has 138 valence electrons. The number of azide groups is 1. The van der Waals surface area contributed by atoms with Crippen molar-refractivity contribution < 1.29 is 18.9 Å². The standard InChI is InChI=1S/C15H24N6O4/c1-4-5-6-21-8-10(18-20-21)9-22-14-13-12(24-15(2,3)25-13)11(23-14)7-17-19-16/h8,11-14H,4-7,9H2,1-3H3/t11-,12-,13-,14-/m1/s1. The van der Waals surface area contributed by atoms with Gasteiger partial charge in [0.2, 0.25) is 0 Å². The van der Waals surface area contributed by atoms with Crippen molar-refractivity contribution in [2.75, 3.05) is 6.54 Å². The molecule has 0 radical (unpaired) electrons. The van der Waals surface area contributed by atoms with Crippen LogP contribution in [0, 0.1) is 0 Å². The molecule has 10 heteroatoms. The summed E-state index contributed by atoms with van der Waals surface area (Å²) in [4.78, 5) is 2.78. The third kappa shape index (κ3) is 4.28. The minimum atomic E-state index is -0.724. The number of aryl methyl sites for hydroxylation is 1. The third-order valence-electron chi connectivity index (χ3n) is 4.15. The number of hydrogen-bond acceptors (Lipinski definition) is 7. The van der Waals surface area contributed by atoms with Crippen LogP contribution in [0.3, 0.4) is 0 Å². The van der Waals surface area contributed by atoms with Gasteiger partial charge in [-0.3, -0.25) is 4.68 Å². The van der Waals surface area contributed by atoms with Crippen molar-refractivity contribution in [3.63, 3.8) is 0 Å². The van der Waals surface area contributed by atoms with E-state index in [9.17, 15) is 0 Å². The van der Waals surface area contributed by atoms with E-state index in [0.29, 0.717) is 0 Å². The normalized spacial score (nSPS) is 30.2. The molecule has 25 heavy (non-hydrogen) atoms. The summed E-state index contributed by atoms with van der Waals surface area (Å²) in [5, 5.41) is 11.8. The van der Waals surface area contributed by atoms with Crippen molar-refractivity contribution in [3.8, 4) is 0 Å². The average molecular weight is 352 g/mol. The van der Waals surface area contributed by atoms with Crippen LogP contribution >= 0.6 is 0 Å². The Morgan fingerprint density at radius 1 is 1.40 bits per heavy atom. The quantitative estimate of drug-likeness (QED) is 0.402. The first-order valence-corrected chi connectivity index (χ1v) is 8.55. The smallest absolute Gasteiger partial charge is 0.187 e. The van der Waals surface area contributed by atoms with Gasteiger partial charge in [0.1, 0.15) is 17.9 Å². The molecule has 1 aromatic rings. The van der Waals surface area contributed by atoms with Crippen LogP contribution in [0.2, 0.25) is 0 Å².